The van der Waals surface area contributed by atoms with Crippen molar-refractivity contribution in [1.82, 2.24) is 24.4 Å². The number of benzene rings is 1. The van der Waals surface area contributed by atoms with Crippen molar-refractivity contribution in [2.24, 2.45) is 13.0 Å². The van der Waals surface area contributed by atoms with Gasteiger partial charge in [0, 0.05) is 57.0 Å². The van der Waals surface area contributed by atoms with Crippen LogP contribution in [0.25, 0.3) is 11.2 Å². The van der Waals surface area contributed by atoms with Crippen molar-refractivity contribution in [2.45, 2.75) is 59.0 Å². The van der Waals surface area contributed by atoms with Crippen LogP contribution in [0, 0.1) is 12.8 Å². The van der Waals surface area contributed by atoms with Gasteiger partial charge in [-0.25, -0.2) is 4.98 Å². The van der Waals surface area contributed by atoms with Gasteiger partial charge < -0.3 is 14.2 Å². The summed E-state index contributed by atoms with van der Waals surface area (Å²) >= 11 is 12.4. The topological polar surface area (TPSA) is 59.3 Å². The summed E-state index contributed by atoms with van der Waals surface area (Å²) in [6.07, 6.45) is 3.66. The lowest BCUT2D eigenvalue weighted by Gasteiger charge is -2.44. The van der Waals surface area contributed by atoms with Crippen LogP contribution in [0.3, 0.4) is 0 Å². The molecule has 2 aromatic heterocycles. The standard InChI is InChI=1S/C23H30Cl2N6.C4H8O/c1-14(2)12-19(17-6-8-18(24)9-7-17)30-10-11-31(15(3)13-30)22-20-21(27-23(25)28-22)29(5)16(4)26-20;1-2-4-5-3-1/h6-9,14-15,19H,10-13H2,1-5H3;1-4H2. The minimum Gasteiger partial charge on any atom is -0.381 e. The van der Waals surface area contributed by atoms with Crippen molar-refractivity contribution < 1.29 is 4.74 Å². The molecule has 2 aliphatic rings. The van der Waals surface area contributed by atoms with E-state index in [0.717, 1.165) is 67.1 Å². The Bertz CT molecular complexity index is 1140. The van der Waals surface area contributed by atoms with Crippen molar-refractivity contribution in [3.05, 3.63) is 46.0 Å². The van der Waals surface area contributed by atoms with Gasteiger partial charge in [0.25, 0.3) is 0 Å². The number of aryl methyl sites for hydroxylation is 2. The first-order chi connectivity index (χ1) is 17.2. The number of halogens is 2. The molecule has 2 aliphatic heterocycles. The van der Waals surface area contributed by atoms with Crippen LogP contribution in [0.4, 0.5) is 5.82 Å². The van der Waals surface area contributed by atoms with E-state index in [9.17, 15) is 0 Å². The van der Waals surface area contributed by atoms with Crippen LogP contribution < -0.4 is 4.90 Å². The fourth-order valence-electron chi connectivity index (χ4n) is 5.05. The summed E-state index contributed by atoms with van der Waals surface area (Å²) in [5, 5.41) is 1.04. The summed E-state index contributed by atoms with van der Waals surface area (Å²) in [6, 6.07) is 8.95. The second-order valence-electron chi connectivity index (χ2n) is 10.3. The third-order valence-electron chi connectivity index (χ3n) is 7.05. The maximum Gasteiger partial charge on any atom is 0.226 e. The van der Waals surface area contributed by atoms with Crippen molar-refractivity contribution in [1.29, 1.82) is 0 Å². The summed E-state index contributed by atoms with van der Waals surface area (Å²) < 4.78 is 6.91. The molecule has 0 saturated carbocycles. The summed E-state index contributed by atoms with van der Waals surface area (Å²) in [5.74, 6) is 2.34. The van der Waals surface area contributed by atoms with Gasteiger partial charge in [-0.3, -0.25) is 4.90 Å². The lowest BCUT2D eigenvalue weighted by Crippen LogP contribution is -2.53. The number of imidazole rings is 1. The highest BCUT2D eigenvalue weighted by atomic mass is 35.5. The van der Waals surface area contributed by atoms with Gasteiger partial charge in [-0.2, -0.15) is 9.97 Å². The molecule has 5 rings (SSSR count). The molecule has 3 aromatic rings. The van der Waals surface area contributed by atoms with Crippen LogP contribution in [0.2, 0.25) is 10.3 Å². The van der Waals surface area contributed by atoms with Crippen LogP contribution in [0.15, 0.2) is 24.3 Å². The first-order valence-electron chi connectivity index (χ1n) is 12.9. The fourth-order valence-corrected chi connectivity index (χ4v) is 5.34. The lowest BCUT2D eigenvalue weighted by molar-refractivity contribution is 0.146. The maximum absolute atomic E-state index is 6.29. The molecule has 4 heterocycles. The van der Waals surface area contributed by atoms with Gasteiger partial charge in [-0.15, -0.1) is 0 Å². The van der Waals surface area contributed by atoms with E-state index in [0.29, 0.717) is 12.0 Å². The molecule has 2 unspecified atom stereocenters. The third-order valence-corrected chi connectivity index (χ3v) is 7.47. The Balaban J connectivity index is 0.000000543. The summed E-state index contributed by atoms with van der Waals surface area (Å²) in [7, 11) is 1.96. The molecule has 7 nitrogen and oxygen atoms in total. The van der Waals surface area contributed by atoms with Crippen molar-refractivity contribution in [3.63, 3.8) is 0 Å². The molecule has 196 valence electrons. The highest BCUT2D eigenvalue weighted by Gasteiger charge is 2.32. The molecule has 9 heteroatoms. The smallest absolute Gasteiger partial charge is 0.226 e. The minimum absolute atomic E-state index is 0.263. The van der Waals surface area contributed by atoms with E-state index < -0.39 is 0 Å². The van der Waals surface area contributed by atoms with Gasteiger partial charge in [0.15, 0.2) is 17.0 Å². The molecule has 2 fully saturated rings. The minimum atomic E-state index is 0.263. The predicted octanol–water partition coefficient (Wildman–Crippen LogP) is 6.07. The van der Waals surface area contributed by atoms with Crippen LogP contribution in [0.5, 0.6) is 0 Å². The average Bonchev–Trinajstić information content (AvgIpc) is 3.51. The van der Waals surface area contributed by atoms with E-state index in [1.54, 1.807) is 0 Å². The van der Waals surface area contributed by atoms with E-state index >= 15 is 0 Å². The zero-order chi connectivity index (χ0) is 25.8. The van der Waals surface area contributed by atoms with E-state index in [-0.39, 0.29) is 11.3 Å². The SMILES string of the molecule is C1CCOC1.Cc1nc2c(N3CCN(C(CC(C)C)c4ccc(Cl)cc4)CC3C)nc(Cl)nc2n1C. The molecule has 0 aliphatic carbocycles. The molecule has 0 amide bonds. The number of fused-ring (bicyclic) bond motifs is 1. The average molecular weight is 534 g/mol. The second-order valence-corrected chi connectivity index (χ2v) is 11.0. The van der Waals surface area contributed by atoms with Gasteiger partial charge >= 0.3 is 0 Å². The normalized spacial score (nSPS) is 19.6. The van der Waals surface area contributed by atoms with Gasteiger partial charge in [0.2, 0.25) is 5.28 Å². The number of ether oxygens (including phenoxy) is 1. The van der Waals surface area contributed by atoms with Crippen LogP contribution in [0.1, 0.15) is 57.5 Å². The summed E-state index contributed by atoms with van der Waals surface area (Å²) in [5.41, 5.74) is 2.92. The van der Waals surface area contributed by atoms with Gasteiger partial charge in [0.1, 0.15) is 5.82 Å². The van der Waals surface area contributed by atoms with Crippen molar-refractivity contribution in [3.8, 4) is 0 Å². The molecule has 1 aromatic carbocycles. The Hall–Kier alpha value is -1.93. The van der Waals surface area contributed by atoms with Crippen molar-refractivity contribution in [2.75, 3.05) is 37.7 Å². The summed E-state index contributed by atoms with van der Waals surface area (Å²) in [6.45, 7) is 13.5. The summed E-state index contributed by atoms with van der Waals surface area (Å²) in [4.78, 5) is 18.6. The number of hydrogen-bond acceptors (Lipinski definition) is 6. The monoisotopic (exact) mass is 532 g/mol. The molecule has 0 N–H and O–H groups in total. The Morgan fingerprint density at radius 1 is 1.03 bits per heavy atom. The highest BCUT2D eigenvalue weighted by Crippen LogP contribution is 2.33. The molecular formula is C27H38Cl2N6O. The fraction of sp³-hybridized carbons (Fsp3) is 0.593. The van der Waals surface area contributed by atoms with Crippen LogP contribution >= 0.6 is 23.2 Å². The second kappa shape index (κ2) is 12.1. The van der Waals surface area contributed by atoms with E-state index in [1.807, 2.05) is 30.7 Å². The van der Waals surface area contributed by atoms with Gasteiger partial charge in [-0.05, 0) is 68.3 Å². The number of hydrogen-bond donors (Lipinski definition) is 0. The quantitative estimate of drug-likeness (QED) is 0.371. The maximum atomic E-state index is 6.29. The molecule has 0 radical (unpaired) electrons. The number of nitrogens with zero attached hydrogens (tertiary/aromatic N) is 6. The van der Waals surface area contributed by atoms with Gasteiger partial charge in [-0.1, -0.05) is 37.6 Å². The molecule has 0 spiro atoms. The van der Waals surface area contributed by atoms with E-state index in [2.05, 4.69) is 52.7 Å². The predicted molar refractivity (Wildman–Crippen MR) is 148 cm³/mol. The molecule has 2 atom stereocenters. The third kappa shape index (κ3) is 6.31. The highest BCUT2D eigenvalue weighted by molar-refractivity contribution is 6.30. The molecule has 0 bridgehead atoms. The Morgan fingerprint density at radius 2 is 1.72 bits per heavy atom. The first-order valence-corrected chi connectivity index (χ1v) is 13.7. The Labute approximate surface area is 224 Å². The zero-order valence-corrected chi connectivity index (χ0v) is 23.6. The van der Waals surface area contributed by atoms with E-state index in [1.165, 1.54) is 18.4 Å². The Kier molecular flexibility index (Phi) is 9.10. The molecular weight excluding hydrogens is 495 g/mol. The molecule has 36 heavy (non-hydrogen) atoms. The first kappa shape index (κ1) is 27.1. The van der Waals surface area contributed by atoms with Gasteiger partial charge in [0.05, 0.1) is 0 Å². The van der Waals surface area contributed by atoms with Crippen LogP contribution in [-0.4, -0.2) is 63.3 Å². The van der Waals surface area contributed by atoms with E-state index in [4.69, 9.17) is 32.9 Å². The van der Waals surface area contributed by atoms with Crippen LogP contribution in [-0.2, 0) is 11.8 Å². The molecule has 2 saturated heterocycles. The number of rotatable bonds is 5. The number of anilines is 1. The lowest BCUT2D eigenvalue weighted by atomic mass is 9.94. The zero-order valence-electron chi connectivity index (χ0n) is 22.0. The Morgan fingerprint density at radius 3 is 2.31 bits per heavy atom. The van der Waals surface area contributed by atoms with Crippen molar-refractivity contribution >= 4 is 40.2 Å². The number of piperazine rings is 1. The number of aromatic nitrogens is 4. The largest absolute Gasteiger partial charge is 0.381 e.